The van der Waals surface area contributed by atoms with Crippen LogP contribution in [0.1, 0.15) is 41.5 Å². The van der Waals surface area contributed by atoms with Gasteiger partial charge in [0, 0.05) is 0 Å². The number of hydrogen-bond donors (Lipinski definition) is 1. The Morgan fingerprint density at radius 1 is 0.667 bits per heavy atom. The van der Waals surface area contributed by atoms with E-state index in [4.69, 9.17) is 16.7 Å². The molecule has 0 atom stereocenters. The molecule has 0 saturated heterocycles. The minimum atomic E-state index is -3.16. The van der Waals surface area contributed by atoms with Gasteiger partial charge in [0.1, 0.15) is 0 Å². The van der Waals surface area contributed by atoms with Crippen molar-refractivity contribution in [2.45, 2.75) is 41.5 Å². The van der Waals surface area contributed by atoms with E-state index in [1.165, 1.54) is 0 Å². The molecule has 112 valence electrons. The third kappa shape index (κ3) is 3.00. The monoisotopic (exact) mass is 298 g/mol. The van der Waals surface area contributed by atoms with Gasteiger partial charge in [0.2, 0.25) is 0 Å². The van der Waals surface area contributed by atoms with E-state index in [9.17, 15) is 0 Å². The molecular formula is C12H32ClN4P. The Kier molecular flexibility index (Phi) is 7.60. The molecule has 0 saturated carbocycles. The summed E-state index contributed by atoms with van der Waals surface area (Å²) in [6.45, 7) is 14.9. The number of halogens is 1. The molecule has 0 heterocycles. The van der Waals surface area contributed by atoms with E-state index in [0.29, 0.717) is 0 Å². The topological polar surface area (TPSA) is 35.7 Å². The van der Waals surface area contributed by atoms with Gasteiger partial charge < -0.3 is 0 Å². The average Bonchev–Trinajstić information content (AvgIpc) is 2.32. The van der Waals surface area contributed by atoms with Crippen molar-refractivity contribution in [3.05, 3.63) is 0 Å². The first-order chi connectivity index (χ1) is 8.36. The van der Waals surface area contributed by atoms with Crippen LogP contribution in [0.25, 0.3) is 0 Å². The molecule has 0 fully saturated rings. The Labute approximate surface area is 118 Å². The van der Waals surface area contributed by atoms with E-state index in [0.717, 1.165) is 39.3 Å². The van der Waals surface area contributed by atoms with E-state index in [2.05, 4.69) is 55.6 Å². The van der Waals surface area contributed by atoms with Crippen LogP contribution in [-0.4, -0.2) is 53.3 Å². The fourth-order valence-corrected chi connectivity index (χ4v) is 8.91. The maximum atomic E-state index is 7.18. The Balaban J connectivity index is 5.76. The standard InChI is InChI=1S/C12H32ClN4P/c1-7-15(8-2)18(13,14,16(9-3)10-4)17(11-5)12-6/h7-12,14H2,1-6H3. The molecule has 0 radical (unpaired) electrons. The van der Waals surface area contributed by atoms with Crippen LogP contribution in [0.15, 0.2) is 0 Å². The van der Waals surface area contributed by atoms with Crippen molar-refractivity contribution >= 4 is 17.8 Å². The molecule has 0 aromatic carbocycles. The third-order valence-corrected chi connectivity index (χ3v) is 10.5. The summed E-state index contributed by atoms with van der Waals surface area (Å²) in [6.07, 6.45) is 0. The summed E-state index contributed by atoms with van der Waals surface area (Å²) in [4.78, 5) is 0. The summed E-state index contributed by atoms with van der Waals surface area (Å²) >= 11 is 7.18. The molecule has 0 spiro atoms. The van der Waals surface area contributed by atoms with E-state index in [-0.39, 0.29) is 0 Å². The molecule has 2 N–H and O–H groups in total. The molecule has 0 amide bonds. The summed E-state index contributed by atoms with van der Waals surface area (Å²) in [5.74, 6) is 0. The number of nitrogens with zero attached hydrogens (tertiary/aromatic N) is 3. The first-order valence-corrected chi connectivity index (χ1v) is 10.2. The SMILES string of the molecule is CCN(CC)P(N)(Cl)(N(CC)CC)N(CC)CC. The van der Waals surface area contributed by atoms with E-state index in [1.54, 1.807) is 0 Å². The van der Waals surface area contributed by atoms with Crippen molar-refractivity contribution in [2.24, 2.45) is 5.50 Å². The van der Waals surface area contributed by atoms with Crippen molar-refractivity contribution in [1.29, 1.82) is 0 Å². The molecule has 0 aromatic rings. The fraction of sp³-hybridized carbons (Fsp3) is 1.00. The summed E-state index contributed by atoms with van der Waals surface area (Å²) in [6, 6.07) is 0. The van der Waals surface area contributed by atoms with Crippen molar-refractivity contribution in [3.63, 3.8) is 0 Å². The molecule has 0 bridgehead atoms. The van der Waals surface area contributed by atoms with Gasteiger partial charge in [-0.05, 0) is 0 Å². The van der Waals surface area contributed by atoms with Crippen LogP contribution < -0.4 is 5.50 Å². The van der Waals surface area contributed by atoms with Crippen molar-refractivity contribution < 1.29 is 0 Å². The molecule has 18 heavy (non-hydrogen) atoms. The van der Waals surface area contributed by atoms with Gasteiger partial charge >= 0.3 is 118 Å². The Morgan fingerprint density at radius 3 is 0.944 bits per heavy atom. The molecule has 0 unspecified atom stereocenters. The molecule has 0 aromatic heterocycles. The Hall–Kier alpha value is 0.560. The molecule has 0 rings (SSSR count). The molecule has 0 aliphatic heterocycles. The molecule has 4 nitrogen and oxygen atoms in total. The number of hydrogen-bond acceptors (Lipinski definition) is 4. The molecular weight excluding hydrogens is 267 g/mol. The van der Waals surface area contributed by atoms with Crippen LogP contribution in [-0.2, 0) is 0 Å². The predicted octanol–water partition coefficient (Wildman–Crippen LogP) is 3.34. The van der Waals surface area contributed by atoms with Crippen LogP contribution in [0.4, 0.5) is 0 Å². The molecule has 0 aliphatic rings. The quantitative estimate of drug-likeness (QED) is 0.662. The molecule has 0 aliphatic carbocycles. The van der Waals surface area contributed by atoms with Crippen LogP contribution >= 0.6 is 17.8 Å². The first kappa shape index (κ1) is 18.6. The van der Waals surface area contributed by atoms with Gasteiger partial charge in [-0.2, -0.15) is 0 Å². The molecule has 6 heteroatoms. The second kappa shape index (κ2) is 7.37. The van der Waals surface area contributed by atoms with Gasteiger partial charge in [-0.15, -0.1) is 0 Å². The van der Waals surface area contributed by atoms with Gasteiger partial charge in [-0.3, -0.25) is 0 Å². The van der Waals surface area contributed by atoms with Gasteiger partial charge in [0.05, 0.1) is 0 Å². The van der Waals surface area contributed by atoms with Gasteiger partial charge in [-0.1, -0.05) is 0 Å². The zero-order valence-electron chi connectivity index (χ0n) is 13.0. The second-order valence-electron chi connectivity index (χ2n) is 4.36. The van der Waals surface area contributed by atoms with Crippen molar-refractivity contribution in [1.82, 2.24) is 14.0 Å². The predicted molar refractivity (Wildman–Crippen MR) is 85.7 cm³/mol. The van der Waals surface area contributed by atoms with E-state index in [1.807, 2.05) is 0 Å². The van der Waals surface area contributed by atoms with Gasteiger partial charge in [0.15, 0.2) is 0 Å². The summed E-state index contributed by atoms with van der Waals surface area (Å²) in [7, 11) is 0. The van der Waals surface area contributed by atoms with Crippen LogP contribution in [0.2, 0.25) is 0 Å². The van der Waals surface area contributed by atoms with Gasteiger partial charge in [0.25, 0.3) is 0 Å². The average molecular weight is 299 g/mol. The maximum absolute atomic E-state index is 7.18. The summed E-state index contributed by atoms with van der Waals surface area (Å²) in [5, 5.41) is 0. The van der Waals surface area contributed by atoms with E-state index < -0.39 is 6.56 Å². The van der Waals surface area contributed by atoms with Crippen molar-refractivity contribution in [2.75, 3.05) is 39.3 Å². The van der Waals surface area contributed by atoms with E-state index >= 15 is 0 Å². The zero-order chi connectivity index (χ0) is 14.4. The van der Waals surface area contributed by atoms with Crippen LogP contribution in [0.3, 0.4) is 0 Å². The zero-order valence-corrected chi connectivity index (χ0v) is 14.6. The normalized spacial score (nSPS) is 15.4. The van der Waals surface area contributed by atoms with Crippen LogP contribution in [0, 0.1) is 0 Å². The second-order valence-corrected chi connectivity index (χ2v) is 9.88. The Bertz CT molecular complexity index is 200. The number of rotatable bonds is 9. The Morgan fingerprint density at radius 2 is 0.833 bits per heavy atom. The minimum absolute atomic E-state index is 0.876. The summed E-state index contributed by atoms with van der Waals surface area (Å²) in [5.41, 5.74) is 6.91. The first-order valence-electron chi connectivity index (χ1n) is 7.17. The number of nitrogens with two attached hydrogens (primary N) is 1. The van der Waals surface area contributed by atoms with Crippen molar-refractivity contribution in [3.8, 4) is 0 Å². The fourth-order valence-electron chi connectivity index (χ4n) is 2.78. The third-order valence-electron chi connectivity index (χ3n) is 3.76. The summed E-state index contributed by atoms with van der Waals surface area (Å²) < 4.78 is 6.77. The van der Waals surface area contributed by atoms with Gasteiger partial charge in [-0.25, -0.2) is 0 Å². The van der Waals surface area contributed by atoms with Crippen LogP contribution in [0.5, 0.6) is 0 Å².